The Morgan fingerprint density at radius 3 is 2.25 bits per heavy atom. The molecule has 2 aromatic rings. The van der Waals surface area contributed by atoms with Crippen LogP contribution in [0.1, 0.15) is 20.7 Å². The summed E-state index contributed by atoms with van der Waals surface area (Å²) in [5.41, 5.74) is 3.21. The molecule has 0 heterocycles. The molecule has 20 heavy (non-hydrogen) atoms. The molecule has 0 atom stereocenters. The topological polar surface area (TPSA) is 58.5 Å². The third-order valence-electron chi connectivity index (χ3n) is 2.51. The van der Waals surface area contributed by atoms with Crippen LogP contribution in [-0.2, 0) is 0 Å². The SMILES string of the molecule is O=C(C=NNC(=O)c1ccc(Cl)cc1)c1ccccc1. The lowest BCUT2D eigenvalue weighted by Crippen LogP contribution is -2.18. The minimum absolute atomic E-state index is 0.276. The average molecular weight is 287 g/mol. The molecule has 2 rings (SSSR count). The lowest BCUT2D eigenvalue weighted by atomic mass is 10.1. The van der Waals surface area contributed by atoms with E-state index in [1.807, 2.05) is 6.07 Å². The van der Waals surface area contributed by atoms with Crippen molar-refractivity contribution in [1.29, 1.82) is 0 Å². The molecule has 1 N–H and O–H groups in total. The fourth-order valence-electron chi connectivity index (χ4n) is 1.49. The van der Waals surface area contributed by atoms with Gasteiger partial charge in [0.2, 0.25) is 5.78 Å². The summed E-state index contributed by atoms with van der Waals surface area (Å²) < 4.78 is 0. The number of hydrogen-bond donors (Lipinski definition) is 1. The summed E-state index contributed by atoms with van der Waals surface area (Å²) in [7, 11) is 0. The van der Waals surface area contributed by atoms with Gasteiger partial charge >= 0.3 is 0 Å². The third kappa shape index (κ3) is 3.76. The van der Waals surface area contributed by atoms with E-state index < -0.39 is 5.91 Å². The Morgan fingerprint density at radius 2 is 1.60 bits per heavy atom. The van der Waals surface area contributed by atoms with E-state index in [1.54, 1.807) is 48.5 Å². The zero-order valence-electron chi connectivity index (χ0n) is 10.4. The second-order valence-electron chi connectivity index (χ2n) is 3.94. The fourth-order valence-corrected chi connectivity index (χ4v) is 1.62. The molecule has 0 saturated heterocycles. The van der Waals surface area contributed by atoms with E-state index in [9.17, 15) is 9.59 Å². The number of Topliss-reactive ketones (excluding diaryl/α,β-unsaturated/α-hetero) is 1. The van der Waals surface area contributed by atoms with Crippen LogP contribution in [0, 0.1) is 0 Å². The zero-order chi connectivity index (χ0) is 14.4. The quantitative estimate of drug-likeness (QED) is 0.534. The first-order valence-corrected chi connectivity index (χ1v) is 6.23. The Labute approximate surface area is 121 Å². The van der Waals surface area contributed by atoms with E-state index in [0.29, 0.717) is 16.1 Å². The van der Waals surface area contributed by atoms with E-state index in [4.69, 9.17) is 11.6 Å². The largest absolute Gasteiger partial charge is 0.287 e. The van der Waals surface area contributed by atoms with Gasteiger partial charge in [-0.05, 0) is 24.3 Å². The van der Waals surface area contributed by atoms with Crippen LogP contribution >= 0.6 is 11.6 Å². The lowest BCUT2D eigenvalue weighted by Gasteiger charge is -1.99. The minimum atomic E-state index is -0.404. The van der Waals surface area contributed by atoms with E-state index >= 15 is 0 Å². The van der Waals surface area contributed by atoms with Crippen LogP contribution in [0.5, 0.6) is 0 Å². The molecule has 0 bridgehead atoms. The van der Waals surface area contributed by atoms with E-state index in [0.717, 1.165) is 6.21 Å². The lowest BCUT2D eigenvalue weighted by molar-refractivity contribution is 0.0955. The van der Waals surface area contributed by atoms with Crippen molar-refractivity contribution < 1.29 is 9.59 Å². The number of hydrogen-bond acceptors (Lipinski definition) is 3. The summed E-state index contributed by atoms with van der Waals surface area (Å²) in [6, 6.07) is 15.0. The summed E-state index contributed by atoms with van der Waals surface area (Å²) in [5.74, 6) is -0.680. The maximum Gasteiger partial charge on any atom is 0.271 e. The molecule has 0 radical (unpaired) electrons. The van der Waals surface area contributed by atoms with Gasteiger partial charge in [0.05, 0.1) is 6.21 Å². The number of ketones is 1. The van der Waals surface area contributed by atoms with Crippen molar-refractivity contribution in [2.75, 3.05) is 0 Å². The smallest absolute Gasteiger partial charge is 0.271 e. The van der Waals surface area contributed by atoms with Gasteiger partial charge in [0.1, 0.15) is 0 Å². The number of amides is 1. The first-order chi connectivity index (χ1) is 9.66. The zero-order valence-corrected chi connectivity index (χ0v) is 11.2. The van der Waals surface area contributed by atoms with Crippen LogP contribution in [0.2, 0.25) is 5.02 Å². The van der Waals surface area contributed by atoms with E-state index in [1.165, 1.54) is 0 Å². The summed E-state index contributed by atoms with van der Waals surface area (Å²) in [4.78, 5) is 23.4. The molecule has 0 fully saturated rings. The second-order valence-corrected chi connectivity index (χ2v) is 4.37. The Balaban J connectivity index is 1.95. The molecule has 0 aliphatic heterocycles. The molecule has 2 aromatic carbocycles. The average Bonchev–Trinajstić information content (AvgIpc) is 2.48. The molecular formula is C15H11ClN2O2. The molecule has 0 aliphatic rings. The molecule has 1 amide bonds. The maximum atomic E-state index is 11.7. The summed E-state index contributed by atoms with van der Waals surface area (Å²) in [6.45, 7) is 0. The Kier molecular flexibility index (Phi) is 4.63. The van der Waals surface area contributed by atoms with E-state index in [-0.39, 0.29) is 5.78 Å². The molecule has 5 heteroatoms. The molecule has 0 saturated carbocycles. The number of halogens is 1. The second kappa shape index (κ2) is 6.63. The Bertz CT molecular complexity index is 637. The van der Waals surface area contributed by atoms with Crippen LogP contribution in [0.25, 0.3) is 0 Å². The van der Waals surface area contributed by atoms with Crippen LogP contribution in [0.3, 0.4) is 0 Å². The van der Waals surface area contributed by atoms with Gasteiger partial charge in [0, 0.05) is 16.1 Å². The van der Waals surface area contributed by atoms with Gasteiger partial charge in [-0.1, -0.05) is 41.9 Å². The van der Waals surface area contributed by atoms with Crippen LogP contribution < -0.4 is 5.43 Å². The molecular weight excluding hydrogens is 276 g/mol. The van der Waals surface area contributed by atoms with Gasteiger partial charge in [-0.25, -0.2) is 5.43 Å². The van der Waals surface area contributed by atoms with E-state index in [2.05, 4.69) is 10.5 Å². The van der Waals surface area contributed by atoms with Crippen molar-refractivity contribution in [3.05, 3.63) is 70.7 Å². The number of benzene rings is 2. The maximum absolute atomic E-state index is 11.7. The van der Waals surface area contributed by atoms with Gasteiger partial charge in [-0.15, -0.1) is 0 Å². The highest BCUT2D eigenvalue weighted by molar-refractivity contribution is 6.35. The van der Waals surface area contributed by atoms with Gasteiger partial charge in [-0.3, -0.25) is 9.59 Å². The van der Waals surface area contributed by atoms with Crippen LogP contribution in [-0.4, -0.2) is 17.9 Å². The van der Waals surface area contributed by atoms with Gasteiger partial charge in [0.15, 0.2) is 0 Å². The van der Waals surface area contributed by atoms with Crippen molar-refractivity contribution in [2.24, 2.45) is 5.10 Å². The molecule has 0 aromatic heterocycles. The molecule has 0 spiro atoms. The Hall–Kier alpha value is -2.46. The number of nitrogens with one attached hydrogen (secondary N) is 1. The van der Waals surface area contributed by atoms with Crippen molar-refractivity contribution in [2.45, 2.75) is 0 Å². The predicted molar refractivity (Wildman–Crippen MR) is 78.2 cm³/mol. The summed E-state index contributed by atoms with van der Waals surface area (Å²) in [5, 5.41) is 4.18. The van der Waals surface area contributed by atoms with Crippen molar-refractivity contribution in [3.8, 4) is 0 Å². The summed E-state index contributed by atoms with van der Waals surface area (Å²) in [6.07, 6.45) is 1.07. The highest BCUT2D eigenvalue weighted by Gasteiger charge is 2.04. The van der Waals surface area contributed by atoms with Gasteiger partial charge < -0.3 is 0 Å². The minimum Gasteiger partial charge on any atom is -0.287 e. The normalized spacial score (nSPS) is 10.4. The number of hydrazone groups is 1. The van der Waals surface area contributed by atoms with Gasteiger partial charge in [-0.2, -0.15) is 5.10 Å². The Morgan fingerprint density at radius 1 is 0.950 bits per heavy atom. The molecule has 4 nitrogen and oxygen atoms in total. The number of rotatable bonds is 4. The number of carbonyl (C=O) groups excluding carboxylic acids is 2. The molecule has 0 aliphatic carbocycles. The number of carbonyl (C=O) groups is 2. The standard InChI is InChI=1S/C15H11ClN2O2/c16-13-8-6-12(7-9-13)15(20)18-17-10-14(19)11-4-2-1-3-5-11/h1-10H,(H,18,20). The van der Waals surface area contributed by atoms with Crippen molar-refractivity contribution >= 4 is 29.5 Å². The van der Waals surface area contributed by atoms with Crippen LogP contribution in [0.4, 0.5) is 0 Å². The van der Waals surface area contributed by atoms with Gasteiger partial charge in [0.25, 0.3) is 5.91 Å². The monoisotopic (exact) mass is 286 g/mol. The third-order valence-corrected chi connectivity index (χ3v) is 2.76. The first kappa shape index (κ1) is 14.0. The summed E-state index contributed by atoms with van der Waals surface area (Å²) >= 11 is 5.72. The molecule has 100 valence electrons. The number of nitrogens with zero attached hydrogens (tertiary/aromatic N) is 1. The first-order valence-electron chi connectivity index (χ1n) is 5.85. The predicted octanol–water partition coefficient (Wildman–Crippen LogP) is 2.94. The molecule has 0 unspecified atom stereocenters. The van der Waals surface area contributed by atoms with Crippen molar-refractivity contribution in [1.82, 2.24) is 5.43 Å². The highest BCUT2D eigenvalue weighted by Crippen LogP contribution is 2.09. The fraction of sp³-hybridized carbons (Fsp3) is 0. The highest BCUT2D eigenvalue weighted by atomic mass is 35.5. The van der Waals surface area contributed by atoms with Crippen LogP contribution in [0.15, 0.2) is 59.7 Å². The van der Waals surface area contributed by atoms with Crippen molar-refractivity contribution in [3.63, 3.8) is 0 Å².